The zero-order chi connectivity index (χ0) is 17.8. The molecule has 128 valence electrons. The molecule has 0 aliphatic heterocycles. The Balaban J connectivity index is 1.62. The van der Waals surface area contributed by atoms with Crippen molar-refractivity contribution >= 4 is 17.4 Å². The summed E-state index contributed by atoms with van der Waals surface area (Å²) in [7, 11) is 0. The number of esters is 1. The average molecular weight is 336 g/mol. The second-order valence-corrected chi connectivity index (χ2v) is 6.02. The van der Waals surface area contributed by atoms with Gasteiger partial charge >= 0.3 is 5.97 Å². The molecule has 0 saturated heterocycles. The summed E-state index contributed by atoms with van der Waals surface area (Å²) in [4.78, 5) is 28.5. The summed E-state index contributed by atoms with van der Waals surface area (Å²) >= 11 is 0. The van der Waals surface area contributed by atoms with Crippen molar-refractivity contribution in [2.75, 3.05) is 6.61 Å². The van der Waals surface area contributed by atoms with Crippen LogP contribution < -0.4 is 0 Å². The van der Waals surface area contributed by atoms with Crippen molar-refractivity contribution in [1.29, 1.82) is 0 Å². The van der Waals surface area contributed by atoms with Gasteiger partial charge in [-0.15, -0.1) is 0 Å². The highest BCUT2D eigenvalue weighted by atomic mass is 16.5. The summed E-state index contributed by atoms with van der Waals surface area (Å²) in [6, 6.07) is 12.9. The summed E-state index contributed by atoms with van der Waals surface area (Å²) in [6.45, 7) is 3.98. The molecular weight excluding hydrogens is 316 g/mol. The molecule has 1 aromatic carbocycles. The fraction of sp³-hybridized carbons (Fsp3) is 0.250. The predicted octanol–water partition coefficient (Wildman–Crippen LogP) is 3.89. The number of nitrogens with zero attached hydrogens (tertiary/aromatic N) is 2. The van der Waals surface area contributed by atoms with Gasteiger partial charge in [0.25, 0.3) is 0 Å². The number of ketones is 1. The van der Waals surface area contributed by atoms with E-state index in [4.69, 9.17) is 4.74 Å². The maximum Gasteiger partial charge on any atom is 0.359 e. The van der Waals surface area contributed by atoms with E-state index in [9.17, 15) is 9.59 Å². The molecular formula is C20H20N2O3. The molecule has 0 fully saturated rings. The molecule has 0 amide bonds. The average Bonchev–Trinajstić information content (AvgIpc) is 3.09. The minimum Gasteiger partial charge on any atom is -0.453 e. The first kappa shape index (κ1) is 16.9. The third kappa shape index (κ3) is 3.76. The Bertz CT molecular complexity index is 864. The molecule has 0 radical (unpaired) electrons. The molecule has 0 aliphatic rings. The molecule has 25 heavy (non-hydrogen) atoms. The highest BCUT2D eigenvalue weighted by molar-refractivity contribution is 5.99. The van der Waals surface area contributed by atoms with Gasteiger partial charge in [-0.3, -0.25) is 4.79 Å². The van der Waals surface area contributed by atoms with E-state index in [1.807, 2.05) is 24.3 Å². The van der Waals surface area contributed by atoms with E-state index in [1.165, 1.54) is 5.56 Å². The van der Waals surface area contributed by atoms with Crippen LogP contribution in [-0.2, 0) is 4.74 Å². The molecule has 0 aliphatic carbocycles. The third-order valence-electron chi connectivity index (χ3n) is 4.32. The number of rotatable bonds is 6. The minimum absolute atomic E-state index is 0.186. The Morgan fingerprint density at radius 1 is 1.16 bits per heavy atom. The number of imidazole rings is 1. The third-order valence-corrected chi connectivity index (χ3v) is 4.32. The lowest BCUT2D eigenvalue weighted by Crippen LogP contribution is -2.14. The van der Waals surface area contributed by atoms with Gasteiger partial charge in [0.05, 0.1) is 0 Å². The lowest BCUT2D eigenvalue weighted by Gasteiger charge is -2.09. The topological polar surface area (TPSA) is 60.7 Å². The number of hydrogen-bond acceptors (Lipinski definition) is 4. The number of carbonyl (C=O) groups is 2. The van der Waals surface area contributed by atoms with Crippen LogP contribution in [0.25, 0.3) is 5.65 Å². The number of benzene rings is 1. The van der Waals surface area contributed by atoms with Gasteiger partial charge in [-0.25, -0.2) is 9.78 Å². The molecule has 3 rings (SSSR count). The van der Waals surface area contributed by atoms with Crippen molar-refractivity contribution in [2.24, 2.45) is 0 Å². The van der Waals surface area contributed by atoms with Crippen molar-refractivity contribution in [3.8, 4) is 0 Å². The van der Waals surface area contributed by atoms with Gasteiger partial charge in [0.1, 0.15) is 5.65 Å². The molecule has 0 spiro atoms. The smallest absolute Gasteiger partial charge is 0.359 e. The van der Waals surface area contributed by atoms with Crippen molar-refractivity contribution in [1.82, 2.24) is 9.38 Å². The van der Waals surface area contributed by atoms with Crippen LogP contribution in [0, 0.1) is 0 Å². The first-order valence-electron chi connectivity index (χ1n) is 8.32. The van der Waals surface area contributed by atoms with E-state index in [2.05, 4.69) is 18.8 Å². The van der Waals surface area contributed by atoms with Gasteiger partial charge in [0, 0.05) is 18.0 Å². The van der Waals surface area contributed by atoms with Gasteiger partial charge < -0.3 is 9.14 Å². The number of carbonyl (C=O) groups excluding carboxylic acids is 2. The number of fused-ring (bicyclic) bond motifs is 1. The molecule has 0 bridgehead atoms. The lowest BCUT2D eigenvalue weighted by atomic mass is 9.97. The molecule has 1 atom stereocenters. The van der Waals surface area contributed by atoms with Crippen molar-refractivity contribution < 1.29 is 14.3 Å². The van der Waals surface area contributed by atoms with Crippen LogP contribution in [0.5, 0.6) is 0 Å². The van der Waals surface area contributed by atoms with E-state index in [0.29, 0.717) is 17.1 Å². The predicted molar refractivity (Wildman–Crippen MR) is 95.0 cm³/mol. The number of aromatic nitrogens is 2. The van der Waals surface area contributed by atoms with E-state index in [0.717, 1.165) is 6.42 Å². The summed E-state index contributed by atoms with van der Waals surface area (Å²) in [5, 5.41) is 0. The molecule has 2 heterocycles. The molecule has 2 aromatic heterocycles. The molecule has 5 nitrogen and oxygen atoms in total. The molecule has 0 saturated carbocycles. The van der Waals surface area contributed by atoms with E-state index in [1.54, 1.807) is 35.0 Å². The van der Waals surface area contributed by atoms with Gasteiger partial charge in [-0.05, 0) is 30.0 Å². The molecule has 0 unspecified atom stereocenters. The zero-order valence-corrected chi connectivity index (χ0v) is 14.3. The summed E-state index contributed by atoms with van der Waals surface area (Å²) in [5.74, 6) is -0.377. The second kappa shape index (κ2) is 7.30. The van der Waals surface area contributed by atoms with Crippen molar-refractivity contribution in [2.45, 2.75) is 26.2 Å². The Labute approximate surface area is 146 Å². The van der Waals surface area contributed by atoms with Crippen molar-refractivity contribution in [3.63, 3.8) is 0 Å². The summed E-state index contributed by atoms with van der Waals surface area (Å²) in [6.07, 6.45) is 4.43. The Hall–Kier alpha value is -2.95. The number of hydrogen-bond donors (Lipinski definition) is 0. The van der Waals surface area contributed by atoms with Crippen LogP contribution in [0.1, 0.15) is 52.6 Å². The summed E-state index contributed by atoms with van der Waals surface area (Å²) < 4.78 is 6.84. The Morgan fingerprint density at radius 2 is 1.92 bits per heavy atom. The normalized spacial score (nSPS) is 12.1. The highest BCUT2D eigenvalue weighted by Gasteiger charge is 2.15. The van der Waals surface area contributed by atoms with E-state index in [-0.39, 0.29) is 18.1 Å². The van der Waals surface area contributed by atoms with Gasteiger partial charge in [-0.2, -0.15) is 0 Å². The van der Waals surface area contributed by atoms with Gasteiger partial charge in [0.15, 0.2) is 18.1 Å². The van der Waals surface area contributed by atoms with Crippen LogP contribution in [0.15, 0.2) is 54.9 Å². The standard InChI is InChI=1S/C20H20N2O3/c1-3-14(2)15-7-9-16(10-8-15)18(23)13-25-20(24)17-12-22-11-5-4-6-19(22)21-17/h4-12,14H,3,13H2,1-2H3/t14-/m1/s1. The Morgan fingerprint density at radius 3 is 2.60 bits per heavy atom. The zero-order valence-electron chi connectivity index (χ0n) is 14.3. The minimum atomic E-state index is -0.603. The van der Waals surface area contributed by atoms with Gasteiger partial charge in [-0.1, -0.05) is 44.2 Å². The van der Waals surface area contributed by atoms with Crippen LogP contribution in [0.3, 0.4) is 0 Å². The van der Waals surface area contributed by atoms with Crippen LogP contribution >= 0.6 is 0 Å². The Kier molecular flexibility index (Phi) is 4.93. The maximum absolute atomic E-state index is 12.2. The first-order chi connectivity index (χ1) is 12.1. The monoisotopic (exact) mass is 336 g/mol. The van der Waals surface area contributed by atoms with Crippen LogP contribution in [-0.4, -0.2) is 27.7 Å². The maximum atomic E-state index is 12.2. The SMILES string of the molecule is CC[C@@H](C)c1ccc(C(=O)COC(=O)c2cn3ccccc3n2)cc1. The largest absolute Gasteiger partial charge is 0.453 e. The van der Waals surface area contributed by atoms with Gasteiger partial charge in [0.2, 0.25) is 0 Å². The summed E-state index contributed by atoms with van der Waals surface area (Å²) in [5.41, 5.74) is 2.57. The quantitative estimate of drug-likeness (QED) is 0.506. The van der Waals surface area contributed by atoms with Crippen molar-refractivity contribution in [3.05, 3.63) is 71.7 Å². The van der Waals surface area contributed by atoms with Crippen LogP contribution in [0.4, 0.5) is 0 Å². The van der Waals surface area contributed by atoms with E-state index < -0.39 is 5.97 Å². The number of Topliss-reactive ketones (excluding diaryl/α,β-unsaturated/α-hetero) is 1. The van der Waals surface area contributed by atoms with E-state index >= 15 is 0 Å². The molecule has 5 heteroatoms. The lowest BCUT2D eigenvalue weighted by molar-refractivity contribution is 0.0469. The first-order valence-corrected chi connectivity index (χ1v) is 8.32. The van der Waals surface area contributed by atoms with Crippen LogP contribution in [0.2, 0.25) is 0 Å². The molecule has 3 aromatic rings. The molecule has 0 N–H and O–H groups in total. The second-order valence-electron chi connectivity index (χ2n) is 6.02. The fourth-order valence-corrected chi connectivity index (χ4v) is 2.55. The number of pyridine rings is 1. The fourth-order valence-electron chi connectivity index (χ4n) is 2.55. The highest BCUT2D eigenvalue weighted by Crippen LogP contribution is 2.19. The number of ether oxygens (including phenoxy) is 1.